The number of nitrogens with zero attached hydrogens (tertiary/aromatic N) is 1. The van der Waals surface area contributed by atoms with Gasteiger partial charge in [-0.2, -0.15) is 0 Å². The van der Waals surface area contributed by atoms with Crippen molar-refractivity contribution in [2.75, 3.05) is 18.5 Å². The molecule has 3 N–H and O–H groups in total. The lowest BCUT2D eigenvalue weighted by molar-refractivity contribution is 0.0234. The standard InChI is InChI=1S/C23H19F3IN3O4/c24-18-11-16(27)6-7-19(18)29-22-17(23(32)30-34-13-14-4-2-1-3-5-14)10-15(20(25)21(22)26)12-28-33-9-8-31/h1-7,10-12,29,31H,8-9,13H2,(H,30,32). The molecule has 3 rings (SSSR count). The molecule has 178 valence electrons. The Bertz CT molecular complexity index is 1180. The molecule has 0 saturated heterocycles. The van der Waals surface area contributed by atoms with Crippen LogP contribution in [0.3, 0.4) is 0 Å². The molecule has 7 nitrogen and oxygen atoms in total. The summed E-state index contributed by atoms with van der Waals surface area (Å²) in [7, 11) is 0. The number of rotatable bonds is 10. The first-order valence-electron chi connectivity index (χ1n) is 9.87. The summed E-state index contributed by atoms with van der Waals surface area (Å²) >= 11 is 1.90. The van der Waals surface area contributed by atoms with Crippen molar-refractivity contribution < 1.29 is 32.7 Å². The molecule has 34 heavy (non-hydrogen) atoms. The highest BCUT2D eigenvalue weighted by Crippen LogP contribution is 2.30. The minimum atomic E-state index is -1.43. The van der Waals surface area contributed by atoms with Gasteiger partial charge in [0.2, 0.25) is 0 Å². The number of oxime groups is 1. The van der Waals surface area contributed by atoms with Crippen LogP contribution in [0.4, 0.5) is 24.5 Å². The molecule has 0 aromatic heterocycles. The van der Waals surface area contributed by atoms with Crippen LogP contribution in [0.1, 0.15) is 21.5 Å². The van der Waals surface area contributed by atoms with Gasteiger partial charge in [-0.25, -0.2) is 18.7 Å². The zero-order valence-electron chi connectivity index (χ0n) is 17.5. The van der Waals surface area contributed by atoms with Crippen LogP contribution in [-0.4, -0.2) is 30.4 Å². The number of hydrogen-bond acceptors (Lipinski definition) is 6. The van der Waals surface area contributed by atoms with Crippen LogP contribution < -0.4 is 10.8 Å². The van der Waals surface area contributed by atoms with Crippen LogP contribution in [0, 0.1) is 21.0 Å². The smallest absolute Gasteiger partial charge is 0.277 e. The predicted octanol–water partition coefficient (Wildman–Crippen LogP) is 4.66. The third-order valence-corrected chi connectivity index (χ3v) is 5.04. The summed E-state index contributed by atoms with van der Waals surface area (Å²) in [5.74, 6) is -4.40. The predicted molar refractivity (Wildman–Crippen MR) is 128 cm³/mol. The Kier molecular flexibility index (Phi) is 9.24. The van der Waals surface area contributed by atoms with Crippen molar-refractivity contribution in [3.63, 3.8) is 0 Å². The Hall–Kier alpha value is -3.16. The van der Waals surface area contributed by atoms with E-state index in [2.05, 4.69) is 20.8 Å². The van der Waals surface area contributed by atoms with Crippen LogP contribution in [0.15, 0.2) is 59.8 Å². The summed E-state index contributed by atoms with van der Waals surface area (Å²) in [6.07, 6.45) is 0.852. The van der Waals surface area contributed by atoms with Crippen molar-refractivity contribution in [3.8, 4) is 0 Å². The molecule has 3 aromatic carbocycles. The number of hydrogen-bond donors (Lipinski definition) is 3. The molecule has 11 heteroatoms. The molecule has 0 atom stereocenters. The number of aliphatic hydroxyl groups is 1. The van der Waals surface area contributed by atoms with Crippen molar-refractivity contribution in [1.82, 2.24) is 5.48 Å². The number of anilines is 2. The maximum absolute atomic E-state index is 15.0. The van der Waals surface area contributed by atoms with Gasteiger partial charge in [-0.15, -0.1) is 0 Å². The number of amides is 1. The van der Waals surface area contributed by atoms with Crippen molar-refractivity contribution in [1.29, 1.82) is 0 Å². The van der Waals surface area contributed by atoms with E-state index in [1.807, 2.05) is 28.7 Å². The van der Waals surface area contributed by atoms with Gasteiger partial charge in [-0.05, 0) is 52.4 Å². The van der Waals surface area contributed by atoms with Gasteiger partial charge in [0, 0.05) is 9.13 Å². The van der Waals surface area contributed by atoms with E-state index in [0.29, 0.717) is 3.57 Å². The number of halogens is 4. The summed E-state index contributed by atoms with van der Waals surface area (Å²) in [4.78, 5) is 22.7. The average molecular weight is 585 g/mol. The van der Waals surface area contributed by atoms with Gasteiger partial charge in [0.15, 0.2) is 11.6 Å². The molecule has 0 bridgehead atoms. The number of aliphatic hydroxyl groups excluding tert-OH is 1. The molecule has 0 saturated carbocycles. The van der Waals surface area contributed by atoms with Crippen LogP contribution in [0.5, 0.6) is 0 Å². The summed E-state index contributed by atoms with van der Waals surface area (Å²) in [6, 6.07) is 14.0. The largest absolute Gasteiger partial charge is 0.393 e. The Labute approximate surface area is 206 Å². The second-order valence-electron chi connectivity index (χ2n) is 6.76. The Balaban J connectivity index is 1.92. The summed E-state index contributed by atoms with van der Waals surface area (Å²) in [5.41, 5.74) is 1.42. The van der Waals surface area contributed by atoms with Gasteiger partial charge >= 0.3 is 0 Å². The van der Waals surface area contributed by atoms with Gasteiger partial charge in [-0.1, -0.05) is 35.5 Å². The zero-order valence-corrected chi connectivity index (χ0v) is 19.7. The SMILES string of the molecule is O=C(NOCc1ccccc1)c1cc(C=NOCCO)c(F)c(F)c1Nc1ccc(I)cc1F. The van der Waals surface area contributed by atoms with E-state index in [-0.39, 0.29) is 31.1 Å². The Morgan fingerprint density at radius 1 is 1.09 bits per heavy atom. The molecule has 0 aliphatic carbocycles. The second kappa shape index (κ2) is 12.3. The highest BCUT2D eigenvalue weighted by atomic mass is 127. The topological polar surface area (TPSA) is 92.2 Å². The minimum absolute atomic E-state index is 0.0219. The van der Waals surface area contributed by atoms with Gasteiger partial charge in [0.05, 0.1) is 36.4 Å². The van der Waals surface area contributed by atoms with E-state index < -0.39 is 34.6 Å². The summed E-state index contributed by atoms with van der Waals surface area (Å²) in [6.45, 7) is -0.466. The maximum Gasteiger partial charge on any atom is 0.277 e. The molecule has 0 aliphatic heterocycles. The molecule has 0 fully saturated rings. The van der Waals surface area contributed by atoms with E-state index >= 15 is 4.39 Å². The number of carbonyl (C=O) groups excluding carboxylic acids is 1. The van der Waals surface area contributed by atoms with Crippen molar-refractivity contribution in [2.45, 2.75) is 6.61 Å². The van der Waals surface area contributed by atoms with Gasteiger partial charge < -0.3 is 15.3 Å². The first-order chi connectivity index (χ1) is 16.4. The van der Waals surface area contributed by atoms with Gasteiger partial charge in [0.25, 0.3) is 5.91 Å². The first-order valence-corrected chi connectivity index (χ1v) is 10.9. The van der Waals surface area contributed by atoms with Gasteiger partial charge in [-0.3, -0.25) is 9.63 Å². The van der Waals surface area contributed by atoms with Crippen LogP contribution in [-0.2, 0) is 16.3 Å². The molecular formula is C23H19F3IN3O4. The molecule has 0 radical (unpaired) electrons. The monoisotopic (exact) mass is 585 g/mol. The van der Waals surface area contributed by atoms with Crippen LogP contribution >= 0.6 is 22.6 Å². The number of carbonyl (C=O) groups is 1. The van der Waals surface area contributed by atoms with E-state index in [1.165, 1.54) is 12.1 Å². The fourth-order valence-corrected chi connectivity index (χ4v) is 3.22. The number of nitrogens with one attached hydrogen (secondary N) is 2. The summed E-state index contributed by atoms with van der Waals surface area (Å²) in [5, 5.41) is 14.6. The Morgan fingerprint density at radius 2 is 1.85 bits per heavy atom. The highest BCUT2D eigenvalue weighted by Gasteiger charge is 2.23. The minimum Gasteiger partial charge on any atom is -0.393 e. The van der Waals surface area contributed by atoms with Crippen molar-refractivity contribution in [2.24, 2.45) is 5.16 Å². The molecule has 3 aromatic rings. The third-order valence-electron chi connectivity index (χ3n) is 4.37. The Morgan fingerprint density at radius 3 is 2.56 bits per heavy atom. The van der Waals surface area contributed by atoms with E-state index in [1.54, 1.807) is 30.3 Å². The number of hydroxylamine groups is 1. The van der Waals surface area contributed by atoms with E-state index in [0.717, 1.165) is 17.8 Å². The quantitative estimate of drug-likeness (QED) is 0.140. The maximum atomic E-state index is 15.0. The van der Waals surface area contributed by atoms with Crippen molar-refractivity contribution >= 4 is 46.1 Å². The molecule has 0 spiro atoms. The first kappa shape index (κ1) is 25.5. The molecule has 0 unspecified atom stereocenters. The van der Waals surface area contributed by atoms with E-state index in [9.17, 15) is 13.6 Å². The normalized spacial score (nSPS) is 11.0. The van der Waals surface area contributed by atoms with Crippen molar-refractivity contribution in [3.05, 3.63) is 92.3 Å². The average Bonchev–Trinajstić information content (AvgIpc) is 2.83. The number of benzene rings is 3. The van der Waals surface area contributed by atoms with Crippen LogP contribution in [0.25, 0.3) is 0 Å². The summed E-state index contributed by atoms with van der Waals surface area (Å²) < 4.78 is 44.6. The zero-order chi connectivity index (χ0) is 24.5. The molecule has 1 amide bonds. The fourth-order valence-electron chi connectivity index (χ4n) is 2.77. The third kappa shape index (κ3) is 6.68. The van der Waals surface area contributed by atoms with Crippen LogP contribution in [0.2, 0.25) is 0 Å². The van der Waals surface area contributed by atoms with Gasteiger partial charge in [0.1, 0.15) is 12.4 Å². The molecular weight excluding hydrogens is 566 g/mol. The highest BCUT2D eigenvalue weighted by molar-refractivity contribution is 14.1. The molecule has 0 heterocycles. The second-order valence-corrected chi connectivity index (χ2v) is 8.01. The lowest BCUT2D eigenvalue weighted by atomic mass is 10.1. The fraction of sp³-hybridized carbons (Fsp3) is 0.130. The van der Waals surface area contributed by atoms with E-state index in [4.69, 9.17) is 9.94 Å². The molecule has 0 aliphatic rings. The lowest BCUT2D eigenvalue weighted by Gasteiger charge is -2.16. The lowest BCUT2D eigenvalue weighted by Crippen LogP contribution is -2.25.